The van der Waals surface area contributed by atoms with Crippen LogP contribution in [0.2, 0.25) is 0 Å². The lowest BCUT2D eigenvalue weighted by atomic mass is 9.87. The van der Waals surface area contributed by atoms with Crippen LogP contribution in [-0.2, 0) is 15.1 Å². The van der Waals surface area contributed by atoms with E-state index in [0.29, 0.717) is 6.54 Å². The minimum Gasteiger partial charge on any atom is -0.359 e. The molecule has 0 aliphatic carbocycles. The second-order valence-corrected chi connectivity index (χ2v) is 5.68. The van der Waals surface area contributed by atoms with Gasteiger partial charge in [-0.1, -0.05) is 48.5 Å². The Morgan fingerprint density at radius 3 is 2.48 bits per heavy atom. The van der Waals surface area contributed by atoms with Crippen LogP contribution in [-0.4, -0.2) is 33.2 Å². The molecule has 0 spiro atoms. The van der Waals surface area contributed by atoms with Gasteiger partial charge in [0.2, 0.25) is 0 Å². The van der Waals surface area contributed by atoms with E-state index in [1.54, 1.807) is 7.11 Å². The molecule has 1 aliphatic heterocycles. The largest absolute Gasteiger partial charge is 0.359 e. The molecule has 2 aromatic rings. The number of fused-ring (bicyclic) bond motifs is 1. The fourth-order valence-electron chi connectivity index (χ4n) is 3.32. The Bertz CT molecular complexity index is 687. The Morgan fingerprint density at radius 1 is 1.09 bits per heavy atom. The van der Waals surface area contributed by atoms with Gasteiger partial charge in [-0.25, -0.2) is 0 Å². The average Bonchev–Trinajstić information content (AvgIpc) is 2.85. The van der Waals surface area contributed by atoms with Gasteiger partial charge in [0.1, 0.15) is 0 Å². The first-order chi connectivity index (χ1) is 11.3. The molecule has 1 heterocycles. The Kier molecular flexibility index (Phi) is 4.46. The standard InChI is InChI=1S/C19H22N2O2/c1-20-13-8-14-21-17-12-7-6-11-16(17)19(23-2,18(21)22)15-9-4-3-5-10-15/h3-7,9-12,20H,8,13-14H2,1-2H3. The summed E-state index contributed by atoms with van der Waals surface area (Å²) in [4.78, 5) is 15.1. The van der Waals surface area contributed by atoms with Gasteiger partial charge in [-0.3, -0.25) is 4.79 Å². The van der Waals surface area contributed by atoms with Crippen molar-refractivity contribution < 1.29 is 9.53 Å². The Balaban J connectivity index is 2.09. The second kappa shape index (κ2) is 6.52. The van der Waals surface area contributed by atoms with Gasteiger partial charge in [0, 0.05) is 19.2 Å². The van der Waals surface area contributed by atoms with Gasteiger partial charge >= 0.3 is 0 Å². The summed E-state index contributed by atoms with van der Waals surface area (Å²) in [5, 5.41) is 3.13. The third-order valence-electron chi connectivity index (χ3n) is 4.42. The topological polar surface area (TPSA) is 41.6 Å². The molecule has 23 heavy (non-hydrogen) atoms. The van der Waals surface area contributed by atoms with Crippen molar-refractivity contribution in [1.29, 1.82) is 0 Å². The quantitative estimate of drug-likeness (QED) is 0.834. The molecule has 1 atom stereocenters. The van der Waals surface area contributed by atoms with E-state index >= 15 is 0 Å². The predicted octanol–water partition coefficient (Wildman–Crippen LogP) is 2.53. The van der Waals surface area contributed by atoms with E-state index in [1.807, 2.05) is 66.5 Å². The highest BCUT2D eigenvalue weighted by molar-refractivity contribution is 6.09. The van der Waals surface area contributed by atoms with Crippen molar-refractivity contribution in [1.82, 2.24) is 5.32 Å². The number of nitrogens with one attached hydrogen (secondary N) is 1. The van der Waals surface area contributed by atoms with Crippen molar-refractivity contribution in [2.45, 2.75) is 12.0 Å². The first-order valence-electron chi connectivity index (χ1n) is 7.92. The van der Waals surface area contributed by atoms with Gasteiger partial charge < -0.3 is 15.0 Å². The van der Waals surface area contributed by atoms with Crippen molar-refractivity contribution >= 4 is 11.6 Å². The normalized spacial score (nSPS) is 19.9. The summed E-state index contributed by atoms with van der Waals surface area (Å²) in [7, 11) is 3.53. The molecule has 0 bridgehead atoms. The average molecular weight is 310 g/mol. The summed E-state index contributed by atoms with van der Waals surface area (Å²) in [6.07, 6.45) is 0.894. The lowest BCUT2D eigenvalue weighted by Crippen LogP contribution is -2.43. The zero-order chi connectivity index (χ0) is 16.3. The van der Waals surface area contributed by atoms with Gasteiger partial charge in [-0.05, 0) is 31.6 Å². The number of amides is 1. The molecular formula is C19H22N2O2. The highest BCUT2D eigenvalue weighted by atomic mass is 16.5. The Morgan fingerprint density at radius 2 is 1.78 bits per heavy atom. The number of anilines is 1. The highest BCUT2D eigenvalue weighted by Crippen LogP contribution is 2.46. The van der Waals surface area contributed by atoms with Crippen LogP contribution in [0.3, 0.4) is 0 Å². The van der Waals surface area contributed by atoms with E-state index in [9.17, 15) is 4.79 Å². The van der Waals surface area contributed by atoms with Crippen molar-refractivity contribution in [3.05, 3.63) is 65.7 Å². The summed E-state index contributed by atoms with van der Waals surface area (Å²) in [5.41, 5.74) is 1.69. The number of carbonyl (C=O) groups excluding carboxylic acids is 1. The molecule has 4 nitrogen and oxygen atoms in total. The van der Waals surface area contributed by atoms with E-state index in [1.165, 1.54) is 0 Å². The maximum atomic E-state index is 13.3. The second-order valence-electron chi connectivity index (χ2n) is 5.68. The number of hydrogen-bond acceptors (Lipinski definition) is 3. The summed E-state index contributed by atoms with van der Waals surface area (Å²) in [6, 6.07) is 17.6. The molecule has 1 aliphatic rings. The third-order valence-corrected chi connectivity index (χ3v) is 4.42. The SMILES string of the molecule is CNCCCN1C(=O)C(OC)(c2ccccc2)c2ccccc21. The lowest BCUT2D eigenvalue weighted by Gasteiger charge is -2.28. The minimum absolute atomic E-state index is 0.0106. The van der Waals surface area contributed by atoms with E-state index in [4.69, 9.17) is 4.74 Å². The Hall–Kier alpha value is -2.17. The van der Waals surface area contributed by atoms with Crippen LogP contribution in [0.1, 0.15) is 17.5 Å². The van der Waals surface area contributed by atoms with Gasteiger partial charge in [0.05, 0.1) is 5.69 Å². The van der Waals surface area contributed by atoms with Crippen LogP contribution in [0.5, 0.6) is 0 Å². The van der Waals surface area contributed by atoms with Crippen molar-refractivity contribution in [2.24, 2.45) is 0 Å². The van der Waals surface area contributed by atoms with Gasteiger partial charge in [0.15, 0.2) is 5.60 Å². The van der Waals surface area contributed by atoms with Crippen LogP contribution in [0.25, 0.3) is 0 Å². The molecule has 4 heteroatoms. The molecule has 0 aromatic heterocycles. The van der Waals surface area contributed by atoms with Crippen molar-refractivity contribution in [3.8, 4) is 0 Å². The maximum absolute atomic E-state index is 13.3. The smallest absolute Gasteiger partial charge is 0.268 e. The maximum Gasteiger partial charge on any atom is 0.268 e. The monoisotopic (exact) mass is 310 g/mol. The molecule has 3 rings (SSSR count). The van der Waals surface area contributed by atoms with E-state index < -0.39 is 5.60 Å². The summed E-state index contributed by atoms with van der Waals surface area (Å²) >= 11 is 0. The summed E-state index contributed by atoms with van der Waals surface area (Å²) in [6.45, 7) is 1.55. The van der Waals surface area contributed by atoms with E-state index in [2.05, 4.69) is 5.32 Å². The molecule has 0 radical (unpaired) electrons. The molecule has 0 saturated heterocycles. The Labute approximate surface area is 137 Å². The van der Waals surface area contributed by atoms with Crippen LogP contribution in [0.15, 0.2) is 54.6 Å². The molecule has 0 fully saturated rings. The summed E-state index contributed by atoms with van der Waals surface area (Å²) in [5.74, 6) is -0.0106. The van der Waals surface area contributed by atoms with Gasteiger partial charge in [-0.15, -0.1) is 0 Å². The number of rotatable bonds is 6. The van der Waals surface area contributed by atoms with Gasteiger partial charge in [-0.2, -0.15) is 0 Å². The van der Waals surface area contributed by atoms with Crippen molar-refractivity contribution in [3.63, 3.8) is 0 Å². The summed E-state index contributed by atoms with van der Waals surface area (Å²) < 4.78 is 5.85. The zero-order valence-electron chi connectivity index (χ0n) is 13.6. The van der Waals surface area contributed by atoms with Crippen LogP contribution in [0, 0.1) is 0 Å². The molecule has 120 valence electrons. The number of nitrogens with zero attached hydrogens (tertiary/aromatic N) is 1. The number of methoxy groups -OCH3 is 1. The van der Waals surface area contributed by atoms with Crippen molar-refractivity contribution in [2.75, 3.05) is 32.1 Å². The number of ether oxygens (including phenoxy) is 1. The number of para-hydroxylation sites is 1. The molecular weight excluding hydrogens is 288 g/mol. The number of hydrogen-bond donors (Lipinski definition) is 1. The molecule has 1 amide bonds. The minimum atomic E-state index is -1.04. The number of benzene rings is 2. The molecule has 2 aromatic carbocycles. The van der Waals surface area contributed by atoms with Crippen LogP contribution >= 0.6 is 0 Å². The zero-order valence-corrected chi connectivity index (χ0v) is 13.6. The van der Waals surface area contributed by atoms with E-state index in [0.717, 1.165) is 29.8 Å². The lowest BCUT2D eigenvalue weighted by molar-refractivity contribution is -0.135. The van der Waals surface area contributed by atoms with Crippen LogP contribution in [0.4, 0.5) is 5.69 Å². The molecule has 1 unspecified atom stereocenters. The first kappa shape index (κ1) is 15.7. The van der Waals surface area contributed by atoms with Crippen LogP contribution < -0.4 is 10.2 Å². The first-order valence-corrected chi connectivity index (χ1v) is 7.92. The van der Waals surface area contributed by atoms with E-state index in [-0.39, 0.29) is 5.91 Å². The number of carbonyl (C=O) groups is 1. The third kappa shape index (κ3) is 2.44. The molecule has 1 N–H and O–H groups in total. The fourth-order valence-corrected chi connectivity index (χ4v) is 3.32. The van der Waals surface area contributed by atoms with Gasteiger partial charge in [0.25, 0.3) is 5.91 Å². The molecule has 0 saturated carbocycles. The fraction of sp³-hybridized carbons (Fsp3) is 0.316. The highest BCUT2D eigenvalue weighted by Gasteiger charge is 2.52. The predicted molar refractivity (Wildman–Crippen MR) is 91.6 cm³/mol.